The van der Waals surface area contributed by atoms with E-state index >= 15 is 0 Å². The number of hydrogen-bond donors (Lipinski definition) is 1. The van der Waals surface area contributed by atoms with Gasteiger partial charge in [0.25, 0.3) is 0 Å². The van der Waals surface area contributed by atoms with Crippen molar-refractivity contribution in [2.45, 2.75) is 33.7 Å². The number of amides is 2. The van der Waals surface area contributed by atoms with Crippen LogP contribution in [0.4, 0.5) is 22.2 Å². The number of nitrogens with one attached hydrogen (secondary N) is 1. The van der Waals surface area contributed by atoms with Gasteiger partial charge in [-0.2, -0.15) is 0 Å². The Bertz CT molecular complexity index is 1070. The van der Waals surface area contributed by atoms with Gasteiger partial charge in [0.2, 0.25) is 11.8 Å². The normalized spacial score (nSPS) is 11.0. The van der Waals surface area contributed by atoms with E-state index < -0.39 is 0 Å². The molecule has 0 bridgehead atoms. The number of nitrogens with zero attached hydrogens (tertiary/aromatic N) is 3. The van der Waals surface area contributed by atoms with Gasteiger partial charge in [0.1, 0.15) is 0 Å². The summed E-state index contributed by atoms with van der Waals surface area (Å²) in [5.74, 6) is -0.364. The molecule has 0 fully saturated rings. The Labute approximate surface area is 193 Å². The maximum Gasteiger partial charge on any atom is 0.248 e. The van der Waals surface area contributed by atoms with E-state index in [2.05, 4.69) is 36.0 Å². The summed E-state index contributed by atoms with van der Waals surface area (Å²) in [7, 11) is 0. The molecule has 0 unspecified atom stereocenters. The third-order valence-corrected chi connectivity index (χ3v) is 5.71. The summed E-state index contributed by atoms with van der Waals surface area (Å²) in [5, 5.41) is 5.24. The van der Waals surface area contributed by atoms with Crippen molar-refractivity contribution in [1.82, 2.24) is 4.98 Å². The molecule has 166 valence electrons. The molecular formula is C25H28N4O2S. The lowest BCUT2D eigenvalue weighted by Crippen LogP contribution is -2.30. The van der Waals surface area contributed by atoms with Crippen LogP contribution in [0.5, 0.6) is 0 Å². The number of hydrogen-bond acceptors (Lipinski definition) is 5. The molecule has 0 atom stereocenters. The lowest BCUT2D eigenvalue weighted by Gasteiger charge is -2.27. The predicted octanol–water partition coefficient (Wildman–Crippen LogP) is 5.71. The second kappa shape index (κ2) is 10.7. The molecule has 1 aromatic heterocycles. The topological polar surface area (TPSA) is 65.5 Å². The molecule has 1 heterocycles. The van der Waals surface area contributed by atoms with Crippen molar-refractivity contribution in [3.63, 3.8) is 0 Å². The maximum absolute atomic E-state index is 12.3. The molecule has 0 radical (unpaired) electrons. The first kappa shape index (κ1) is 23.2. The molecule has 3 rings (SSSR count). The molecule has 6 nitrogen and oxygen atoms in total. The molecule has 0 aliphatic heterocycles. The van der Waals surface area contributed by atoms with Crippen LogP contribution in [0.1, 0.15) is 33.4 Å². The van der Waals surface area contributed by atoms with Crippen molar-refractivity contribution in [1.29, 1.82) is 0 Å². The molecule has 2 amide bonds. The lowest BCUT2D eigenvalue weighted by molar-refractivity contribution is -0.116. The third-order valence-electron chi connectivity index (χ3n) is 4.87. The molecule has 0 spiro atoms. The van der Waals surface area contributed by atoms with Gasteiger partial charge in [-0.3, -0.25) is 14.5 Å². The number of anilines is 4. The van der Waals surface area contributed by atoms with E-state index in [0.29, 0.717) is 16.9 Å². The average molecular weight is 449 g/mol. The molecule has 1 N–H and O–H groups in total. The van der Waals surface area contributed by atoms with Gasteiger partial charge in [-0.05, 0) is 63.2 Å². The molecular weight excluding hydrogens is 420 g/mol. The standard InChI is InChI=1S/C25H28N4O2S/c1-5-28(18(2)3)22-14-11-20(12-15-22)26-24(31)16-13-21-17-32-25(27-21)29(19(4)30)23-9-7-6-8-10-23/h6-18H,5H2,1-4H3,(H,26,31)/b16-13-. The zero-order chi connectivity index (χ0) is 23.1. The maximum atomic E-state index is 12.3. The highest BCUT2D eigenvalue weighted by Crippen LogP contribution is 2.29. The van der Waals surface area contributed by atoms with Crippen molar-refractivity contribution in [3.8, 4) is 0 Å². The minimum atomic E-state index is -0.241. The van der Waals surface area contributed by atoms with Crippen LogP contribution in [-0.4, -0.2) is 29.4 Å². The smallest absolute Gasteiger partial charge is 0.248 e. The van der Waals surface area contributed by atoms with Crippen LogP contribution in [0.3, 0.4) is 0 Å². The van der Waals surface area contributed by atoms with Crippen LogP contribution in [-0.2, 0) is 9.59 Å². The van der Waals surface area contributed by atoms with Gasteiger partial charge in [0, 0.05) is 42.3 Å². The minimum Gasteiger partial charge on any atom is -0.369 e. The van der Waals surface area contributed by atoms with Gasteiger partial charge >= 0.3 is 0 Å². The zero-order valence-electron chi connectivity index (χ0n) is 18.8. The lowest BCUT2D eigenvalue weighted by atomic mass is 10.2. The van der Waals surface area contributed by atoms with Crippen LogP contribution in [0.25, 0.3) is 6.08 Å². The summed E-state index contributed by atoms with van der Waals surface area (Å²) in [6.07, 6.45) is 3.09. The number of rotatable bonds is 8. The second-order valence-corrected chi connectivity index (χ2v) is 8.33. The van der Waals surface area contributed by atoms with Gasteiger partial charge in [0.05, 0.1) is 11.4 Å². The highest BCUT2D eigenvalue weighted by Gasteiger charge is 2.17. The Kier molecular flexibility index (Phi) is 7.78. The van der Waals surface area contributed by atoms with Crippen molar-refractivity contribution in [2.75, 3.05) is 21.7 Å². The molecule has 0 aliphatic carbocycles. The minimum absolute atomic E-state index is 0.124. The molecule has 0 saturated heterocycles. The quantitative estimate of drug-likeness (QED) is 0.448. The Morgan fingerprint density at radius 3 is 2.34 bits per heavy atom. The molecule has 0 saturated carbocycles. The van der Waals surface area contributed by atoms with Crippen LogP contribution in [0, 0.1) is 0 Å². The molecule has 3 aromatic rings. The first-order valence-electron chi connectivity index (χ1n) is 10.6. The van der Waals surface area contributed by atoms with Crippen molar-refractivity contribution < 1.29 is 9.59 Å². The fourth-order valence-electron chi connectivity index (χ4n) is 3.39. The monoisotopic (exact) mass is 448 g/mol. The highest BCUT2D eigenvalue weighted by molar-refractivity contribution is 7.14. The van der Waals surface area contributed by atoms with E-state index in [1.54, 1.807) is 11.0 Å². The van der Waals surface area contributed by atoms with E-state index in [0.717, 1.165) is 23.6 Å². The summed E-state index contributed by atoms with van der Waals surface area (Å²) in [5.41, 5.74) is 3.23. The highest BCUT2D eigenvalue weighted by atomic mass is 32.1. The number of aromatic nitrogens is 1. The number of thiazole rings is 1. The molecule has 2 aromatic carbocycles. The number of carbonyl (C=O) groups excluding carboxylic acids is 2. The Morgan fingerprint density at radius 1 is 1.06 bits per heavy atom. The molecule has 7 heteroatoms. The Morgan fingerprint density at radius 2 is 1.75 bits per heavy atom. The first-order valence-corrected chi connectivity index (χ1v) is 11.4. The number of para-hydroxylation sites is 1. The largest absolute Gasteiger partial charge is 0.369 e. The summed E-state index contributed by atoms with van der Waals surface area (Å²) < 4.78 is 0. The Balaban J connectivity index is 1.65. The van der Waals surface area contributed by atoms with Crippen LogP contribution < -0.4 is 15.1 Å². The van der Waals surface area contributed by atoms with Gasteiger partial charge in [-0.1, -0.05) is 18.2 Å². The zero-order valence-corrected chi connectivity index (χ0v) is 19.6. The number of carbonyl (C=O) groups is 2. The van der Waals surface area contributed by atoms with Gasteiger partial charge in [-0.25, -0.2) is 4.98 Å². The van der Waals surface area contributed by atoms with Crippen molar-refractivity contribution in [2.24, 2.45) is 0 Å². The van der Waals surface area contributed by atoms with E-state index in [1.807, 2.05) is 60.0 Å². The van der Waals surface area contributed by atoms with Gasteiger partial charge in [0.15, 0.2) is 5.13 Å². The SMILES string of the molecule is CCN(c1ccc(NC(=O)/C=C\c2csc(N(C(C)=O)c3ccccc3)n2)cc1)C(C)C. The Hall–Kier alpha value is -3.45. The van der Waals surface area contributed by atoms with Crippen molar-refractivity contribution >= 4 is 51.4 Å². The molecule has 0 aliphatic rings. The molecule has 32 heavy (non-hydrogen) atoms. The fraction of sp³-hybridized carbons (Fsp3) is 0.240. The van der Waals surface area contributed by atoms with Crippen LogP contribution in [0.2, 0.25) is 0 Å². The van der Waals surface area contributed by atoms with E-state index in [-0.39, 0.29) is 11.8 Å². The van der Waals surface area contributed by atoms with Crippen molar-refractivity contribution in [3.05, 3.63) is 71.7 Å². The van der Waals surface area contributed by atoms with Gasteiger partial charge < -0.3 is 10.2 Å². The fourth-order valence-corrected chi connectivity index (χ4v) is 4.24. The number of benzene rings is 2. The second-order valence-electron chi connectivity index (χ2n) is 7.49. The van der Waals surface area contributed by atoms with E-state index in [9.17, 15) is 9.59 Å². The summed E-state index contributed by atoms with van der Waals surface area (Å²) in [6.45, 7) is 8.86. The van der Waals surface area contributed by atoms with Gasteiger partial charge in [-0.15, -0.1) is 11.3 Å². The predicted molar refractivity (Wildman–Crippen MR) is 134 cm³/mol. The summed E-state index contributed by atoms with van der Waals surface area (Å²) >= 11 is 1.35. The average Bonchev–Trinajstić information content (AvgIpc) is 3.23. The van der Waals surface area contributed by atoms with E-state index in [4.69, 9.17) is 0 Å². The first-order chi connectivity index (χ1) is 15.4. The van der Waals surface area contributed by atoms with Crippen LogP contribution in [0.15, 0.2) is 66.1 Å². The van der Waals surface area contributed by atoms with Crippen LogP contribution >= 0.6 is 11.3 Å². The third kappa shape index (κ3) is 5.82. The van der Waals surface area contributed by atoms with E-state index in [1.165, 1.54) is 24.3 Å². The summed E-state index contributed by atoms with van der Waals surface area (Å²) in [4.78, 5) is 32.8. The summed E-state index contributed by atoms with van der Waals surface area (Å²) in [6, 6.07) is 17.6.